The molecule has 34 heavy (non-hydrogen) atoms. The second-order valence-electron chi connectivity index (χ2n) is 9.61. The van der Waals surface area contributed by atoms with Gasteiger partial charge in [0.1, 0.15) is 5.69 Å². The van der Waals surface area contributed by atoms with Crippen molar-refractivity contribution in [2.45, 2.75) is 12.4 Å². The monoisotopic (exact) mass is 691 g/mol. The molecule has 0 saturated carbocycles. The Morgan fingerprint density at radius 3 is 0.824 bits per heavy atom. The van der Waals surface area contributed by atoms with E-state index in [4.69, 9.17) is 0 Å². The number of hydrogen-bond donors (Lipinski definition) is 0. The molecule has 0 aromatic carbocycles. The van der Waals surface area contributed by atoms with E-state index >= 15 is 0 Å². The minimum absolute atomic E-state index is 0. The van der Waals surface area contributed by atoms with Gasteiger partial charge in [-0.2, -0.15) is 26.3 Å². The number of aromatic nitrogens is 2. The Balaban J connectivity index is -0.0000000783. The van der Waals surface area contributed by atoms with Crippen LogP contribution in [0.15, 0.2) is 6.07 Å². The maximum Gasteiger partial charge on any atom is 0.431 e. The SMILES string of the molecule is C[PH+](C)C.C[PH+](C)C.C[PH+](C)C.C[PH+](C)C.C[PH+](C)C.FC(F)(F)c1cc(C(F)(F)F)[n-]n1.[Rh]. The summed E-state index contributed by atoms with van der Waals surface area (Å²) in [5.41, 5.74) is -3.28. The Labute approximate surface area is 224 Å². The fraction of sp³-hybridized carbons (Fsp3) is 0.850. The first-order valence-electron chi connectivity index (χ1n) is 10.4. The Kier molecular flexibility index (Phi) is 39.5. The molecule has 0 aliphatic rings. The second kappa shape index (κ2) is 27.6. The van der Waals surface area contributed by atoms with E-state index < -0.39 is 23.7 Å². The molecular weight excluding hydrogens is 640 g/mol. The first-order chi connectivity index (χ1) is 14.4. The van der Waals surface area contributed by atoms with Crippen LogP contribution in [0.5, 0.6) is 0 Å². The fourth-order valence-corrected chi connectivity index (χ4v) is 0.572. The van der Waals surface area contributed by atoms with E-state index in [0.29, 0.717) is 0 Å². The third kappa shape index (κ3) is 69.9. The average molecular weight is 691 g/mol. The molecule has 0 aliphatic carbocycles. The van der Waals surface area contributed by atoms with Gasteiger partial charge >= 0.3 is 12.4 Å². The van der Waals surface area contributed by atoms with Gasteiger partial charge in [0, 0.05) is 119 Å². The van der Waals surface area contributed by atoms with Crippen LogP contribution in [0.25, 0.3) is 0 Å². The van der Waals surface area contributed by atoms with Crippen LogP contribution in [0.3, 0.4) is 0 Å². The Hall–Kier alpha value is 1.56. The summed E-state index contributed by atoms with van der Waals surface area (Å²) in [6.07, 6.45) is -9.78. The van der Waals surface area contributed by atoms with Gasteiger partial charge in [0.15, 0.2) is 0 Å². The van der Waals surface area contributed by atoms with Crippen molar-refractivity contribution in [2.24, 2.45) is 0 Å². The molecular formula is C20H51F6N2P5Rh+4. The molecule has 0 saturated heterocycles. The molecule has 1 heterocycles. The fourth-order valence-electron chi connectivity index (χ4n) is 0.572. The van der Waals surface area contributed by atoms with E-state index in [-0.39, 0.29) is 65.2 Å². The van der Waals surface area contributed by atoms with Crippen molar-refractivity contribution < 1.29 is 45.8 Å². The van der Waals surface area contributed by atoms with Crippen LogP contribution in [-0.4, -0.2) is 105 Å². The van der Waals surface area contributed by atoms with Crippen molar-refractivity contribution in [3.63, 3.8) is 0 Å². The van der Waals surface area contributed by atoms with Crippen molar-refractivity contribution >= 4 is 39.6 Å². The molecule has 0 N–H and O–H groups in total. The van der Waals surface area contributed by atoms with E-state index in [2.05, 4.69) is 110 Å². The molecule has 0 aliphatic heterocycles. The summed E-state index contributed by atoms with van der Waals surface area (Å²) in [6.45, 7) is 34.0. The molecule has 14 heteroatoms. The molecule has 0 bridgehead atoms. The molecule has 0 spiro atoms. The van der Waals surface area contributed by atoms with E-state index in [1.807, 2.05) is 0 Å². The molecule has 213 valence electrons. The van der Waals surface area contributed by atoms with Gasteiger partial charge in [0.05, 0.1) is 0 Å². The van der Waals surface area contributed by atoms with Crippen LogP contribution in [0.1, 0.15) is 11.4 Å². The van der Waals surface area contributed by atoms with Gasteiger partial charge < -0.3 is 10.2 Å². The zero-order chi connectivity index (χ0) is 28.2. The topological polar surface area (TPSA) is 27.0 Å². The summed E-state index contributed by atoms with van der Waals surface area (Å²) < 4.78 is 70.3. The predicted molar refractivity (Wildman–Crippen MR) is 158 cm³/mol. The van der Waals surface area contributed by atoms with Crippen molar-refractivity contribution in [2.75, 3.05) is 100.0 Å². The minimum Gasteiger partial charge on any atom is -0.571 e. The molecule has 0 fully saturated rings. The smallest absolute Gasteiger partial charge is 0.431 e. The van der Waals surface area contributed by atoms with Gasteiger partial charge in [-0.05, 0) is 51.4 Å². The summed E-state index contributed by atoms with van der Waals surface area (Å²) in [7, 11) is 0.602. The van der Waals surface area contributed by atoms with Gasteiger partial charge in [0.2, 0.25) is 0 Å². The van der Waals surface area contributed by atoms with Gasteiger partial charge in [-0.15, -0.1) is 0 Å². The maximum absolute atomic E-state index is 11.7. The molecule has 0 amide bonds. The number of rotatable bonds is 0. The summed E-state index contributed by atoms with van der Waals surface area (Å²) in [6, 6.07) is -0.139. The van der Waals surface area contributed by atoms with Gasteiger partial charge in [-0.25, -0.2) is 0 Å². The van der Waals surface area contributed by atoms with Gasteiger partial charge in [0.25, 0.3) is 0 Å². The molecule has 0 unspecified atom stereocenters. The standard InChI is InChI=1S/C5HF6N2.5C3H9P.Rh/c6-4(7,8)2-1-3(13-12-2)5(9,10)11;5*1-4(2)3;/h1H;5*1-3H3;/q-1;;;;;;/p+5. The third-order valence-electron chi connectivity index (χ3n) is 1.12. The van der Waals surface area contributed by atoms with E-state index in [1.54, 1.807) is 0 Å². The van der Waals surface area contributed by atoms with Crippen molar-refractivity contribution in [1.82, 2.24) is 10.2 Å². The van der Waals surface area contributed by atoms with Crippen LogP contribution in [0, 0.1) is 0 Å². The summed E-state index contributed by atoms with van der Waals surface area (Å²) >= 11 is 0. The molecule has 1 rings (SSSR count). The van der Waals surface area contributed by atoms with Crippen LogP contribution in [0.4, 0.5) is 26.3 Å². The number of hydrogen-bond acceptors (Lipinski definition) is 1. The van der Waals surface area contributed by atoms with Crippen molar-refractivity contribution in [1.29, 1.82) is 0 Å². The third-order valence-corrected chi connectivity index (χ3v) is 1.12. The predicted octanol–water partition coefficient (Wildman–Crippen LogP) is 7.52. The minimum atomic E-state index is -4.89. The second-order valence-corrected chi connectivity index (χ2v) is 24.6. The quantitative estimate of drug-likeness (QED) is 0.160. The van der Waals surface area contributed by atoms with Crippen LogP contribution >= 0.6 is 39.6 Å². The molecule has 2 nitrogen and oxygen atoms in total. The van der Waals surface area contributed by atoms with Gasteiger partial charge in [-0.1, -0.05) is 0 Å². The van der Waals surface area contributed by atoms with Crippen LogP contribution in [-0.2, 0) is 31.8 Å². The zero-order valence-electron chi connectivity index (χ0n) is 23.6. The summed E-state index contributed by atoms with van der Waals surface area (Å²) in [5.74, 6) is 0. The number of halogens is 6. The first kappa shape index (κ1) is 48.6. The maximum atomic E-state index is 11.7. The first-order valence-corrected chi connectivity index (χ1v) is 25.4. The Bertz CT molecular complexity index is 447. The molecule has 1 radical (unpaired) electrons. The van der Waals surface area contributed by atoms with E-state index in [9.17, 15) is 26.3 Å². The molecule has 1 aromatic heterocycles. The zero-order valence-corrected chi connectivity index (χ0v) is 30.2. The normalized spacial score (nSPS) is 10.4. The Morgan fingerprint density at radius 1 is 0.529 bits per heavy atom. The van der Waals surface area contributed by atoms with E-state index in [0.717, 1.165) is 0 Å². The summed E-state index contributed by atoms with van der Waals surface area (Å²) in [4.78, 5) is 0. The molecule has 0 atom stereocenters. The largest absolute Gasteiger partial charge is 0.571 e. The number of nitrogens with zero attached hydrogens (tertiary/aromatic N) is 2. The Morgan fingerprint density at radius 2 is 0.735 bits per heavy atom. The van der Waals surface area contributed by atoms with E-state index in [1.165, 1.54) is 0 Å². The number of alkyl halides is 6. The van der Waals surface area contributed by atoms with Crippen molar-refractivity contribution in [3.05, 3.63) is 17.5 Å². The molecule has 1 aromatic rings. The summed E-state index contributed by atoms with van der Waals surface area (Å²) in [5, 5.41) is 4.72. The van der Waals surface area contributed by atoms with Crippen molar-refractivity contribution in [3.8, 4) is 0 Å². The van der Waals surface area contributed by atoms with Gasteiger partial charge in [-0.3, -0.25) is 0 Å². The average Bonchev–Trinajstić information content (AvgIpc) is 2.93. The van der Waals surface area contributed by atoms with Crippen LogP contribution in [0.2, 0.25) is 0 Å². The van der Waals surface area contributed by atoms with Crippen LogP contribution < -0.4 is 5.10 Å².